The third kappa shape index (κ3) is 3.29. The molecule has 20 heavy (non-hydrogen) atoms. The molecule has 2 N–H and O–H groups in total. The molecule has 1 aromatic rings. The van der Waals surface area contributed by atoms with Gasteiger partial charge >= 0.3 is 0 Å². The van der Waals surface area contributed by atoms with E-state index in [1.54, 1.807) is 7.05 Å². The van der Waals surface area contributed by atoms with Crippen LogP contribution in [-0.4, -0.2) is 34.1 Å². The summed E-state index contributed by atoms with van der Waals surface area (Å²) in [7, 11) is 6.96. The summed E-state index contributed by atoms with van der Waals surface area (Å²) in [5.74, 6) is -0.593. The fourth-order valence-electron chi connectivity index (χ4n) is 2.01. The minimum Gasteiger partial charge on any atom is -0.384 e. The molecule has 0 heterocycles. The Morgan fingerprint density at radius 1 is 1.40 bits per heavy atom. The third-order valence-electron chi connectivity index (χ3n) is 3.13. The van der Waals surface area contributed by atoms with E-state index in [1.165, 1.54) is 19.2 Å². The van der Waals surface area contributed by atoms with Crippen molar-refractivity contribution in [3.05, 3.63) is 29.1 Å². The average Bonchev–Trinajstić information content (AvgIpc) is 2.44. The van der Waals surface area contributed by atoms with E-state index in [2.05, 4.69) is 10.6 Å². The minimum atomic E-state index is -0.337. The molecule has 4 nitrogen and oxygen atoms in total. The number of anilines is 2. The van der Waals surface area contributed by atoms with Crippen LogP contribution in [0.5, 0.6) is 0 Å². The van der Waals surface area contributed by atoms with Crippen molar-refractivity contribution in [3.8, 4) is 0 Å². The number of carbonyl (C=O) groups is 1. The number of halogens is 1. The van der Waals surface area contributed by atoms with Crippen LogP contribution < -0.4 is 15.5 Å². The van der Waals surface area contributed by atoms with Gasteiger partial charge in [-0.15, -0.1) is 0 Å². The molecule has 0 aliphatic rings. The SMILES string of the molecule is CCc1cc(N(C)C)c(NC)c(F)c1/C=C/C(=O)NC. The summed E-state index contributed by atoms with van der Waals surface area (Å²) in [5, 5.41) is 5.37. The van der Waals surface area contributed by atoms with Crippen molar-refractivity contribution in [1.82, 2.24) is 5.32 Å². The molecule has 0 aromatic heterocycles. The van der Waals surface area contributed by atoms with Crippen molar-refractivity contribution < 1.29 is 9.18 Å². The monoisotopic (exact) mass is 279 g/mol. The number of rotatable bonds is 5. The molecule has 0 fully saturated rings. The first-order valence-corrected chi connectivity index (χ1v) is 6.56. The maximum Gasteiger partial charge on any atom is 0.243 e. The molecular formula is C15H22FN3O. The van der Waals surface area contributed by atoms with Gasteiger partial charge in [0.1, 0.15) is 0 Å². The van der Waals surface area contributed by atoms with Gasteiger partial charge in [-0.2, -0.15) is 0 Å². The van der Waals surface area contributed by atoms with Crippen LogP contribution in [0.3, 0.4) is 0 Å². The van der Waals surface area contributed by atoms with E-state index in [0.29, 0.717) is 17.7 Å². The smallest absolute Gasteiger partial charge is 0.243 e. The lowest BCUT2D eigenvalue weighted by molar-refractivity contribution is -0.115. The fourth-order valence-corrected chi connectivity index (χ4v) is 2.01. The van der Waals surface area contributed by atoms with Gasteiger partial charge in [0.15, 0.2) is 5.82 Å². The van der Waals surface area contributed by atoms with E-state index in [0.717, 1.165) is 11.3 Å². The maximum absolute atomic E-state index is 14.6. The van der Waals surface area contributed by atoms with Gasteiger partial charge in [-0.05, 0) is 24.1 Å². The molecule has 1 aromatic carbocycles. The van der Waals surface area contributed by atoms with Gasteiger partial charge in [0.2, 0.25) is 5.91 Å². The highest BCUT2D eigenvalue weighted by molar-refractivity contribution is 5.92. The van der Waals surface area contributed by atoms with E-state index in [4.69, 9.17) is 0 Å². The Hall–Kier alpha value is -2.04. The van der Waals surface area contributed by atoms with Crippen LogP contribution in [0, 0.1) is 5.82 Å². The van der Waals surface area contributed by atoms with E-state index in [9.17, 15) is 9.18 Å². The van der Waals surface area contributed by atoms with Crippen LogP contribution in [0.25, 0.3) is 6.08 Å². The third-order valence-corrected chi connectivity index (χ3v) is 3.13. The summed E-state index contributed by atoms with van der Waals surface area (Å²) in [6.45, 7) is 1.96. The standard InChI is InChI=1S/C15H22FN3O/c1-6-10-9-12(19(4)5)15(18-3)14(16)11(10)7-8-13(20)17-2/h7-9,18H,6H2,1-5H3,(H,17,20)/b8-7+. The molecule has 1 amide bonds. The van der Waals surface area contributed by atoms with Crippen LogP contribution in [-0.2, 0) is 11.2 Å². The van der Waals surface area contributed by atoms with Gasteiger partial charge in [0.05, 0.1) is 11.4 Å². The largest absolute Gasteiger partial charge is 0.384 e. The molecule has 0 atom stereocenters. The minimum absolute atomic E-state index is 0.255. The van der Waals surface area contributed by atoms with E-state index >= 15 is 0 Å². The van der Waals surface area contributed by atoms with Gasteiger partial charge in [-0.1, -0.05) is 6.92 Å². The van der Waals surface area contributed by atoms with Crippen LogP contribution in [0.15, 0.2) is 12.1 Å². The second-order valence-corrected chi connectivity index (χ2v) is 4.60. The Morgan fingerprint density at radius 2 is 2.05 bits per heavy atom. The highest BCUT2D eigenvalue weighted by Gasteiger charge is 2.16. The van der Waals surface area contributed by atoms with Crippen molar-refractivity contribution in [2.24, 2.45) is 0 Å². The first kappa shape index (κ1) is 16.0. The topological polar surface area (TPSA) is 44.4 Å². The van der Waals surface area contributed by atoms with Crippen molar-refractivity contribution in [3.63, 3.8) is 0 Å². The molecule has 0 bridgehead atoms. The van der Waals surface area contributed by atoms with Crippen LogP contribution >= 0.6 is 0 Å². The van der Waals surface area contributed by atoms with Crippen molar-refractivity contribution in [2.75, 3.05) is 38.4 Å². The number of benzene rings is 1. The number of nitrogens with zero attached hydrogens (tertiary/aromatic N) is 1. The second kappa shape index (κ2) is 6.93. The molecule has 0 aliphatic carbocycles. The maximum atomic E-state index is 14.6. The van der Waals surface area contributed by atoms with Gasteiger partial charge in [-0.25, -0.2) is 4.39 Å². The summed E-state index contributed by atoms with van der Waals surface area (Å²) < 4.78 is 14.6. The lowest BCUT2D eigenvalue weighted by Crippen LogP contribution is -2.15. The molecule has 0 saturated carbocycles. The van der Waals surface area contributed by atoms with Gasteiger partial charge < -0.3 is 15.5 Å². The van der Waals surface area contributed by atoms with Crippen LogP contribution in [0.2, 0.25) is 0 Å². The van der Waals surface area contributed by atoms with Crippen molar-refractivity contribution in [2.45, 2.75) is 13.3 Å². The number of hydrogen-bond donors (Lipinski definition) is 2. The molecule has 0 unspecified atom stereocenters. The zero-order chi connectivity index (χ0) is 15.3. The predicted molar refractivity (Wildman–Crippen MR) is 82.8 cm³/mol. The lowest BCUT2D eigenvalue weighted by atomic mass is 10.0. The predicted octanol–water partition coefficient (Wildman–Crippen LogP) is 2.26. The number of carbonyl (C=O) groups excluding carboxylic acids is 1. The highest BCUT2D eigenvalue weighted by atomic mass is 19.1. The number of amides is 1. The summed E-state index contributed by atoms with van der Waals surface area (Å²) >= 11 is 0. The molecule has 110 valence electrons. The van der Waals surface area contributed by atoms with E-state index in [-0.39, 0.29) is 11.7 Å². The zero-order valence-corrected chi connectivity index (χ0v) is 12.7. The number of likely N-dealkylation sites (N-methyl/N-ethyl adjacent to an activating group) is 1. The number of hydrogen-bond acceptors (Lipinski definition) is 3. The molecule has 0 radical (unpaired) electrons. The summed E-state index contributed by atoms with van der Waals surface area (Å²) in [4.78, 5) is 13.1. The Kier molecular flexibility index (Phi) is 5.55. The second-order valence-electron chi connectivity index (χ2n) is 4.60. The van der Waals surface area contributed by atoms with Crippen LogP contribution in [0.1, 0.15) is 18.1 Å². The Bertz CT molecular complexity index is 524. The Labute approximate surface area is 119 Å². The number of aryl methyl sites for hydroxylation is 1. The molecule has 1 rings (SSSR count). The van der Waals surface area contributed by atoms with Crippen LogP contribution in [0.4, 0.5) is 15.8 Å². The normalized spacial score (nSPS) is 10.7. The first-order chi connectivity index (χ1) is 9.46. The summed E-state index contributed by atoms with van der Waals surface area (Å²) in [6, 6.07) is 1.94. The summed E-state index contributed by atoms with van der Waals surface area (Å²) in [5.41, 5.74) is 2.54. The first-order valence-electron chi connectivity index (χ1n) is 6.56. The Morgan fingerprint density at radius 3 is 2.50 bits per heavy atom. The molecule has 0 spiro atoms. The lowest BCUT2D eigenvalue weighted by Gasteiger charge is -2.21. The van der Waals surface area contributed by atoms with Gasteiger partial charge in [0, 0.05) is 39.8 Å². The Balaban J connectivity index is 3.43. The highest BCUT2D eigenvalue weighted by Crippen LogP contribution is 2.33. The fraction of sp³-hybridized carbons (Fsp3) is 0.400. The quantitative estimate of drug-likeness (QED) is 0.813. The van der Waals surface area contributed by atoms with Crippen molar-refractivity contribution >= 4 is 23.4 Å². The molecule has 0 saturated heterocycles. The molecule has 5 heteroatoms. The average molecular weight is 279 g/mol. The number of nitrogens with one attached hydrogen (secondary N) is 2. The summed E-state index contributed by atoms with van der Waals surface area (Å²) in [6.07, 6.45) is 3.55. The van der Waals surface area contributed by atoms with E-state index < -0.39 is 0 Å². The molecular weight excluding hydrogens is 257 g/mol. The van der Waals surface area contributed by atoms with Gasteiger partial charge in [0.25, 0.3) is 0 Å². The van der Waals surface area contributed by atoms with E-state index in [1.807, 2.05) is 32.0 Å². The van der Waals surface area contributed by atoms with Gasteiger partial charge in [-0.3, -0.25) is 4.79 Å². The molecule has 0 aliphatic heterocycles. The van der Waals surface area contributed by atoms with Crippen molar-refractivity contribution in [1.29, 1.82) is 0 Å². The zero-order valence-electron chi connectivity index (χ0n) is 12.7.